The molecule has 2 atom stereocenters. The van der Waals surface area contributed by atoms with Crippen molar-refractivity contribution in [3.63, 3.8) is 0 Å². The lowest BCUT2D eigenvalue weighted by molar-refractivity contribution is -0.117. The highest BCUT2D eigenvalue weighted by molar-refractivity contribution is 6.31. The minimum absolute atomic E-state index is 0.00648. The van der Waals surface area contributed by atoms with Gasteiger partial charge in [-0.3, -0.25) is 4.79 Å². The third-order valence-corrected chi connectivity index (χ3v) is 4.13. The summed E-state index contributed by atoms with van der Waals surface area (Å²) in [6.07, 6.45) is 0.853. The minimum Gasteiger partial charge on any atom is -0.497 e. The molecule has 0 radical (unpaired) electrons. The van der Waals surface area contributed by atoms with Crippen LogP contribution < -0.4 is 10.1 Å². The van der Waals surface area contributed by atoms with Crippen LogP contribution in [0.3, 0.4) is 0 Å². The summed E-state index contributed by atoms with van der Waals surface area (Å²) in [5.74, 6) is 1.06. The number of amides is 1. The fourth-order valence-electron chi connectivity index (χ4n) is 2.51. The second-order valence-electron chi connectivity index (χ2n) is 5.19. The van der Waals surface area contributed by atoms with Crippen molar-refractivity contribution >= 4 is 23.2 Å². The van der Waals surface area contributed by atoms with Gasteiger partial charge < -0.3 is 10.1 Å². The zero-order chi connectivity index (χ0) is 14.8. The van der Waals surface area contributed by atoms with Crippen molar-refractivity contribution in [1.82, 2.24) is 0 Å². The molecular formula is C17H16ClNO2. The van der Waals surface area contributed by atoms with E-state index in [9.17, 15) is 4.79 Å². The summed E-state index contributed by atoms with van der Waals surface area (Å²) in [5, 5.41) is 3.67. The number of carbonyl (C=O) groups is 1. The molecule has 2 aromatic rings. The van der Waals surface area contributed by atoms with E-state index in [2.05, 4.69) is 5.32 Å². The van der Waals surface area contributed by atoms with Crippen molar-refractivity contribution in [3.8, 4) is 5.75 Å². The number of benzene rings is 2. The van der Waals surface area contributed by atoms with E-state index < -0.39 is 0 Å². The quantitative estimate of drug-likeness (QED) is 0.923. The van der Waals surface area contributed by atoms with Gasteiger partial charge in [0, 0.05) is 16.6 Å². The van der Waals surface area contributed by atoms with Gasteiger partial charge in [0.05, 0.1) is 7.11 Å². The molecule has 0 bridgehead atoms. The molecule has 3 rings (SSSR count). The molecule has 4 heteroatoms. The SMILES string of the molecule is COc1ccc(NC(=O)C2CC2c2ccccc2Cl)cc1. The average Bonchev–Trinajstić information content (AvgIpc) is 3.29. The third-order valence-electron chi connectivity index (χ3n) is 3.79. The lowest BCUT2D eigenvalue weighted by atomic mass is 10.1. The van der Waals surface area contributed by atoms with E-state index in [1.54, 1.807) is 7.11 Å². The van der Waals surface area contributed by atoms with Crippen LogP contribution in [0, 0.1) is 5.92 Å². The van der Waals surface area contributed by atoms with Gasteiger partial charge in [-0.2, -0.15) is 0 Å². The molecule has 2 unspecified atom stereocenters. The second-order valence-corrected chi connectivity index (χ2v) is 5.60. The van der Waals surface area contributed by atoms with Gasteiger partial charge in [-0.1, -0.05) is 29.8 Å². The first-order valence-corrected chi connectivity index (χ1v) is 7.26. The number of hydrogen-bond donors (Lipinski definition) is 1. The molecule has 0 aromatic heterocycles. The van der Waals surface area contributed by atoms with E-state index in [1.807, 2.05) is 48.5 Å². The Hall–Kier alpha value is -2.00. The van der Waals surface area contributed by atoms with Crippen LogP contribution in [0.4, 0.5) is 5.69 Å². The largest absolute Gasteiger partial charge is 0.497 e. The minimum atomic E-state index is 0.00648. The molecule has 1 amide bonds. The summed E-state index contributed by atoms with van der Waals surface area (Å²) in [5.41, 5.74) is 1.85. The molecule has 1 saturated carbocycles. The van der Waals surface area contributed by atoms with Crippen LogP contribution >= 0.6 is 11.6 Å². The Bertz CT molecular complexity index is 654. The summed E-state index contributed by atoms with van der Waals surface area (Å²) in [7, 11) is 1.62. The van der Waals surface area contributed by atoms with Gasteiger partial charge in [0.25, 0.3) is 0 Å². The Morgan fingerprint density at radius 2 is 1.90 bits per heavy atom. The number of anilines is 1. The van der Waals surface area contributed by atoms with Crippen molar-refractivity contribution in [2.45, 2.75) is 12.3 Å². The van der Waals surface area contributed by atoms with Gasteiger partial charge in [0.2, 0.25) is 5.91 Å². The summed E-state index contributed by atoms with van der Waals surface area (Å²) < 4.78 is 5.09. The first-order chi connectivity index (χ1) is 10.2. The highest BCUT2D eigenvalue weighted by atomic mass is 35.5. The molecule has 1 aliphatic carbocycles. The Morgan fingerprint density at radius 1 is 1.19 bits per heavy atom. The fraction of sp³-hybridized carbons (Fsp3) is 0.235. The van der Waals surface area contributed by atoms with E-state index in [4.69, 9.17) is 16.3 Å². The topological polar surface area (TPSA) is 38.3 Å². The maximum Gasteiger partial charge on any atom is 0.228 e. The molecule has 3 nitrogen and oxygen atoms in total. The van der Waals surface area contributed by atoms with Crippen molar-refractivity contribution in [1.29, 1.82) is 0 Å². The Morgan fingerprint density at radius 3 is 2.57 bits per heavy atom. The van der Waals surface area contributed by atoms with Crippen LogP contribution in [-0.4, -0.2) is 13.0 Å². The highest BCUT2D eigenvalue weighted by Crippen LogP contribution is 2.49. The number of nitrogens with one attached hydrogen (secondary N) is 1. The standard InChI is InChI=1S/C17H16ClNO2/c1-21-12-8-6-11(7-9-12)19-17(20)15-10-14(15)13-4-2-3-5-16(13)18/h2-9,14-15H,10H2,1H3,(H,19,20). The molecule has 1 aliphatic rings. The van der Waals surface area contributed by atoms with E-state index in [1.165, 1.54) is 0 Å². The van der Waals surface area contributed by atoms with E-state index in [0.717, 1.165) is 28.4 Å². The van der Waals surface area contributed by atoms with Crippen LogP contribution in [0.2, 0.25) is 5.02 Å². The molecule has 0 aliphatic heterocycles. The highest BCUT2D eigenvalue weighted by Gasteiger charge is 2.44. The zero-order valence-electron chi connectivity index (χ0n) is 11.7. The number of ether oxygens (including phenoxy) is 1. The van der Waals surface area contributed by atoms with Crippen molar-refractivity contribution in [3.05, 3.63) is 59.1 Å². The zero-order valence-corrected chi connectivity index (χ0v) is 12.4. The van der Waals surface area contributed by atoms with Gasteiger partial charge in [-0.15, -0.1) is 0 Å². The van der Waals surface area contributed by atoms with Crippen LogP contribution in [0.5, 0.6) is 5.75 Å². The van der Waals surface area contributed by atoms with Crippen LogP contribution in [0.1, 0.15) is 17.9 Å². The first-order valence-electron chi connectivity index (χ1n) is 6.88. The molecule has 0 saturated heterocycles. The maximum atomic E-state index is 12.2. The maximum absolute atomic E-state index is 12.2. The molecule has 21 heavy (non-hydrogen) atoms. The van der Waals surface area contributed by atoms with E-state index >= 15 is 0 Å². The Labute approximate surface area is 128 Å². The first kappa shape index (κ1) is 14.0. The second kappa shape index (κ2) is 5.78. The number of carbonyl (C=O) groups excluding carboxylic acids is 1. The number of methoxy groups -OCH3 is 1. The number of hydrogen-bond acceptors (Lipinski definition) is 2. The monoisotopic (exact) mass is 301 g/mol. The molecule has 0 spiro atoms. The number of halogens is 1. The molecule has 1 fully saturated rings. The lowest BCUT2D eigenvalue weighted by Gasteiger charge is -2.07. The molecule has 2 aromatic carbocycles. The van der Waals surface area contributed by atoms with Gasteiger partial charge in [0.15, 0.2) is 0 Å². The van der Waals surface area contributed by atoms with Gasteiger partial charge in [-0.05, 0) is 48.2 Å². The van der Waals surface area contributed by atoms with E-state index in [0.29, 0.717) is 0 Å². The van der Waals surface area contributed by atoms with Crippen molar-refractivity contribution in [2.24, 2.45) is 5.92 Å². The summed E-state index contributed by atoms with van der Waals surface area (Å²) in [6, 6.07) is 15.1. The lowest BCUT2D eigenvalue weighted by Crippen LogP contribution is -2.14. The summed E-state index contributed by atoms with van der Waals surface area (Å²) in [4.78, 5) is 12.2. The van der Waals surface area contributed by atoms with Crippen LogP contribution in [0.15, 0.2) is 48.5 Å². The third kappa shape index (κ3) is 3.03. The van der Waals surface area contributed by atoms with Crippen molar-refractivity contribution in [2.75, 3.05) is 12.4 Å². The van der Waals surface area contributed by atoms with Crippen molar-refractivity contribution < 1.29 is 9.53 Å². The molecule has 0 heterocycles. The van der Waals surface area contributed by atoms with Gasteiger partial charge in [-0.25, -0.2) is 0 Å². The fourth-order valence-corrected chi connectivity index (χ4v) is 2.79. The predicted octanol–water partition coefficient (Wildman–Crippen LogP) is 4.09. The average molecular weight is 302 g/mol. The van der Waals surface area contributed by atoms with Gasteiger partial charge in [0.1, 0.15) is 5.75 Å². The Kier molecular flexibility index (Phi) is 3.84. The smallest absolute Gasteiger partial charge is 0.228 e. The Balaban J connectivity index is 1.64. The summed E-state index contributed by atoms with van der Waals surface area (Å²) >= 11 is 6.18. The normalized spacial score (nSPS) is 19.9. The van der Waals surface area contributed by atoms with Gasteiger partial charge >= 0.3 is 0 Å². The number of rotatable bonds is 4. The predicted molar refractivity (Wildman–Crippen MR) is 83.9 cm³/mol. The molecular weight excluding hydrogens is 286 g/mol. The van der Waals surface area contributed by atoms with Crippen LogP contribution in [-0.2, 0) is 4.79 Å². The molecule has 108 valence electrons. The molecule has 1 N–H and O–H groups in total. The van der Waals surface area contributed by atoms with E-state index in [-0.39, 0.29) is 17.7 Å². The van der Waals surface area contributed by atoms with Crippen LogP contribution in [0.25, 0.3) is 0 Å². The summed E-state index contributed by atoms with van der Waals surface area (Å²) in [6.45, 7) is 0.